The second-order valence-electron chi connectivity index (χ2n) is 7.95. The molecule has 1 aliphatic heterocycles. The number of fused-ring (bicyclic) bond motifs is 2. The van der Waals surface area contributed by atoms with Gasteiger partial charge in [-0.15, -0.1) is 0 Å². The highest BCUT2D eigenvalue weighted by molar-refractivity contribution is 7.99. The van der Waals surface area contributed by atoms with Gasteiger partial charge in [0.2, 0.25) is 5.91 Å². The molecule has 0 radical (unpaired) electrons. The number of hydrogen-bond donors (Lipinski definition) is 1. The van der Waals surface area contributed by atoms with Crippen molar-refractivity contribution in [3.8, 4) is 5.69 Å². The third-order valence-corrected chi connectivity index (χ3v) is 6.75. The maximum absolute atomic E-state index is 13.2. The van der Waals surface area contributed by atoms with Gasteiger partial charge in [-0.3, -0.25) is 14.2 Å². The lowest BCUT2D eigenvalue weighted by atomic mass is 10.1. The Labute approximate surface area is 189 Å². The topological polar surface area (TPSA) is 81.8 Å². The molecule has 0 aliphatic carbocycles. The van der Waals surface area contributed by atoms with Crippen LogP contribution in [0.1, 0.15) is 23.6 Å². The lowest BCUT2D eigenvalue weighted by Gasteiger charge is -2.13. The lowest BCUT2D eigenvalue weighted by Crippen LogP contribution is -2.31. The Morgan fingerprint density at radius 2 is 1.94 bits per heavy atom. The van der Waals surface area contributed by atoms with Gasteiger partial charge in [-0.1, -0.05) is 59.8 Å². The number of thioether (sulfide) groups is 1. The second kappa shape index (κ2) is 8.63. The number of carbonyl (C=O) groups excluding carboxylic acids is 1. The number of nitrogens with zero attached hydrogens (tertiary/aromatic N) is 4. The zero-order valence-electron chi connectivity index (χ0n) is 17.7. The van der Waals surface area contributed by atoms with Gasteiger partial charge in [-0.05, 0) is 31.0 Å². The summed E-state index contributed by atoms with van der Waals surface area (Å²) in [6.45, 7) is 2.60. The van der Waals surface area contributed by atoms with E-state index in [0.29, 0.717) is 28.5 Å². The summed E-state index contributed by atoms with van der Waals surface area (Å²) in [5.41, 5.74) is 3.60. The summed E-state index contributed by atoms with van der Waals surface area (Å²) >= 11 is 1.51. The quantitative estimate of drug-likeness (QED) is 0.461. The SMILES string of the molecule is Cc1ccc(-n2ncc3c(=O)n4c(nc32)SCC4CC(=O)NCCc2ccccc2)cc1. The molecule has 2 aromatic carbocycles. The molecule has 0 fully saturated rings. The number of aromatic nitrogens is 4. The first-order chi connectivity index (χ1) is 15.6. The van der Waals surface area contributed by atoms with Crippen molar-refractivity contribution in [2.24, 2.45) is 0 Å². The van der Waals surface area contributed by atoms with Crippen molar-refractivity contribution in [3.63, 3.8) is 0 Å². The van der Waals surface area contributed by atoms with Gasteiger partial charge in [0.1, 0.15) is 5.39 Å². The van der Waals surface area contributed by atoms with Crippen LogP contribution in [-0.2, 0) is 11.2 Å². The molecule has 0 saturated heterocycles. The van der Waals surface area contributed by atoms with Crippen molar-refractivity contribution in [2.75, 3.05) is 12.3 Å². The minimum atomic E-state index is -0.209. The fraction of sp³-hybridized carbons (Fsp3) is 0.250. The normalized spacial score (nSPS) is 15.1. The van der Waals surface area contributed by atoms with Gasteiger partial charge >= 0.3 is 0 Å². The molecule has 1 N–H and O–H groups in total. The molecule has 1 unspecified atom stereocenters. The third-order valence-electron chi connectivity index (χ3n) is 5.65. The van der Waals surface area contributed by atoms with Crippen molar-refractivity contribution in [3.05, 3.63) is 82.3 Å². The minimum absolute atomic E-state index is 0.0540. The fourth-order valence-electron chi connectivity index (χ4n) is 3.93. The van der Waals surface area contributed by atoms with E-state index in [9.17, 15) is 9.59 Å². The minimum Gasteiger partial charge on any atom is -0.356 e. The Hall–Kier alpha value is -3.39. The monoisotopic (exact) mass is 445 g/mol. The van der Waals surface area contributed by atoms with Crippen LogP contribution < -0.4 is 10.9 Å². The Bertz CT molecular complexity index is 1330. The Morgan fingerprint density at radius 1 is 1.16 bits per heavy atom. The summed E-state index contributed by atoms with van der Waals surface area (Å²) in [6, 6.07) is 17.8. The van der Waals surface area contributed by atoms with Crippen molar-refractivity contribution in [1.82, 2.24) is 24.6 Å². The number of amides is 1. The largest absolute Gasteiger partial charge is 0.356 e. The molecule has 1 amide bonds. The second-order valence-corrected chi connectivity index (χ2v) is 8.94. The Kier molecular flexibility index (Phi) is 5.53. The average molecular weight is 446 g/mol. The van der Waals surface area contributed by atoms with Crippen molar-refractivity contribution in [2.45, 2.75) is 31.0 Å². The number of carbonyl (C=O) groups is 1. The Morgan fingerprint density at radius 3 is 2.72 bits per heavy atom. The van der Waals surface area contributed by atoms with Crippen LogP contribution in [0.5, 0.6) is 0 Å². The van der Waals surface area contributed by atoms with E-state index >= 15 is 0 Å². The highest BCUT2D eigenvalue weighted by atomic mass is 32.2. The molecule has 1 aliphatic rings. The van der Waals surface area contributed by atoms with Gasteiger partial charge in [-0.2, -0.15) is 5.10 Å². The van der Waals surface area contributed by atoms with E-state index in [-0.39, 0.29) is 23.9 Å². The van der Waals surface area contributed by atoms with Crippen molar-refractivity contribution in [1.29, 1.82) is 0 Å². The van der Waals surface area contributed by atoms with E-state index in [1.54, 1.807) is 15.4 Å². The first-order valence-electron chi connectivity index (χ1n) is 10.6. The zero-order valence-corrected chi connectivity index (χ0v) is 18.5. The van der Waals surface area contributed by atoms with Crippen LogP contribution in [-0.4, -0.2) is 37.5 Å². The standard InChI is InChI=1S/C24H23N5O2S/c1-16-7-9-18(10-8-16)29-22-20(14-26-29)23(31)28-19(15-32-24(28)27-22)13-21(30)25-12-11-17-5-3-2-4-6-17/h2-10,14,19H,11-13,15H2,1H3,(H,25,30). The van der Waals surface area contributed by atoms with Crippen LogP contribution in [0.4, 0.5) is 0 Å². The summed E-state index contributed by atoms with van der Waals surface area (Å²) < 4.78 is 3.35. The van der Waals surface area contributed by atoms with Crippen LogP contribution in [0, 0.1) is 6.92 Å². The number of aryl methyl sites for hydroxylation is 1. The first-order valence-corrected chi connectivity index (χ1v) is 11.6. The first kappa shape index (κ1) is 20.5. The van der Waals surface area contributed by atoms with Gasteiger partial charge in [0.05, 0.1) is 17.9 Å². The molecule has 0 spiro atoms. The molecule has 5 rings (SSSR count). The summed E-state index contributed by atoms with van der Waals surface area (Å²) in [7, 11) is 0. The number of hydrogen-bond acceptors (Lipinski definition) is 5. The molecular formula is C24H23N5O2S. The number of benzene rings is 2. The van der Waals surface area contributed by atoms with Gasteiger partial charge in [0.25, 0.3) is 5.56 Å². The summed E-state index contributed by atoms with van der Waals surface area (Å²) in [5, 5.41) is 8.48. The van der Waals surface area contributed by atoms with E-state index in [4.69, 9.17) is 4.98 Å². The predicted molar refractivity (Wildman–Crippen MR) is 125 cm³/mol. The van der Waals surface area contributed by atoms with Crippen molar-refractivity contribution < 1.29 is 4.79 Å². The number of rotatable bonds is 6. The lowest BCUT2D eigenvalue weighted by molar-refractivity contribution is -0.121. The van der Waals surface area contributed by atoms with Gasteiger partial charge in [0, 0.05) is 18.7 Å². The van der Waals surface area contributed by atoms with Crippen LogP contribution in [0.2, 0.25) is 0 Å². The maximum atomic E-state index is 13.2. The zero-order chi connectivity index (χ0) is 22.1. The van der Waals surface area contributed by atoms with Crippen LogP contribution >= 0.6 is 11.8 Å². The molecule has 32 heavy (non-hydrogen) atoms. The molecule has 1 atom stereocenters. The average Bonchev–Trinajstić information content (AvgIpc) is 3.40. The van der Waals surface area contributed by atoms with E-state index in [1.807, 2.05) is 61.5 Å². The van der Waals surface area contributed by atoms with E-state index in [1.165, 1.54) is 17.3 Å². The molecule has 7 nitrogen and oxygen atoms in total. The molecule has 2 aromatic heterocycles. The summed E-state index contributed by atoms with van der Waals surface area (Å²) in [6.07, 6.45) is 2.61. The van der Waals surface area contributed by atoms with Crippen LogP contribution in [0.25, 0.3) is 16.7 Å². The predicted octanol–water partition coefficient (Wildman–Crippen LogP) is 3.29. The molecule has 3 heterocycles. The molecule has 8 heteroatoms. The Balaban J connectivity index is 1.33. The summed E-state index contributed by atoms with van der Waals surface area (Å²) in [4.78, 5) is 30.5. The maximum Gasteiger partial charge on any atom is 0.265 e. The number of nitrogens with one attached hydrogen (secondary N) is 1. The molecular weight excluding hydrogens is 422 g/mol. The molecule has 4 aromatic rings. The van der Waals surface area contributed by atoms with E-state index < -0.39 is 0 Å². The third kappa shape index (κ3) is 3.93. The smallest absolute Gasteiger partial charge is 0.265 e. The van der Waals surface area contributed by atoms with Crippen LogP contribution in [0.15, 0.2) is 70.7 Å². The highest BCUT2D eigenvalue weighted by Gasteiger charge is 2.29. The molecule has 162 valence electrons. The van der Waals surface area contributed by atoms with Gasteiger partial charge in [-0.25, -0.2) is 9.67 Å². The highest BCUT2D eigenvalue weighted by Crippen LogP contribution is 2.33. The van der Waals surface area contributed by atoms with E-state index in [2.05, 4.69) is 10.4 Å². The summed E-state index contributed by atoms with van der Waals surface area (Å²) in [5.74, 6) is 0.598. The molecule has 0 bridgehead atoms. The van der Waals surface area contributed by atoms with Crippen LogP contribution in [0.3, 0.4) is 0 Å². The molecule has 0 saturated carbocycles. The van der Waals surface area contributed by atoms with Gasteiger partial charge < -0.3 is 5.32 Å². The van der Waals surface area contributed by atoms with Crippen molar-refractivity contribution >= 4 is 28.7 Å². The van der Waals surface area contributed by atoms with Gasteiger partial charge in [0.15, 0.2) is 10.8 Å². The fourth-order valence-corrected chi connectivity index (χ4v) is 5.06. The van der Waals surface area contributed by atoms with E-state index in [0.717, 1.165) is 17.7 Å².